The van der Waals surface area contributed by atoms with Crippen LogP contribution in [0.4, 0.5) is 5.69 Å². The topological polar surface area (TPSA) is 61.9 Å². The number of nitrogens with one attached hydrogen (secondary N) is 1. The number of benzene rings is 2. The summed E-state index contributed by atoms with van der Waals surface area (Å²) in [6.45, 7) is 4.13. The summed E-state index contributed by atoms with van der Waals surface area (Å²) in [6, 6.07) is 15.6. The maximum atomic E-state index is 13.2. The summed E-state index contributed by atoms with van der Waals surface area (Å²) in [5, 5.41) is 3.04. The molecule has 2 fully saturated rings. The zero-order chi connectivity index (χ0) is 23.0. The smallest absolute Gasteiger partial charge is 0.253 e. The second-order valence-electron chi connectivity index (χ2n) is 9.17. The van der Waals surface area contributed by atoms with E-state index in [0.717, 1.165) is 64.0 Å². The minimum atomic E-state index is 0.0371. The molecule has 2 aromatic rings. The first kappa shape index (κ1) is 23.3. The molecule has 2 aliphatic rings. The summed E-state index contributed by atoms with van der Waals surface area (Å²) in [6.07, 6.45) is 6.35. The van der Waals surface area contributed by atoms with E-state index in [-0.39, 0.29) is 17.7 Å². The van der Waals surface area contributed by atoms with Gasteiger partial charge >= 0.3 is 0 Å². The molecule has 1 heterocycles. The largest absolute Gasteiger partial charge is 0.497 e. The Balaban J connectivity index is 1.33. The van der Waals surface area contributed by atoms with E-state index in [9.17, 15) is 9.59 Å². The lowest BCUT2D eigenvalue weighted by Crippen LogP contribution is -2.35. The van der Waals surface area contributed by atoms with Gasteiger partial charge in [-0.2, -0.15) is 0 Å². The van der Waals surface area contributed by atoms with E-state index in [4.69, 9.17) is 4.74 Å². The molecule has 0 unspecified atom stereocenters. The second kappa shape index (κ2) is 11.3. The van der Waals surface area contributed by atoms with Gasteiger partial charge in [-0.1, -0.05) is 37.5 Å². The predicted octanol–water partition coefficient (Wildman–Crippen LogP) is 4.56. The Kier molecular flexibility index (Phi) is 8.00. The average molecular weight is 450 g/mol. The summed E-state index contributed by atoms with van der Waals surface area (Å²) in [5.41, 5.74) is 2.60. The SMILES string of the molecule is COc1ccc(CN2CCCN(C(=O)c3cccc(NC(=O)C4CCCCC4)c3)CC2)cc1. The van der Waals surface area contributed by atoms with Gasteiger partial charge in [0.25, 0.3) is 5.91 Å². The number of hydrogen-bond acceptors (Lipinski definition) is 4. The van der Waals surface area contributed by atoms with Gasteiger partial charge in [-0.3, -0.25) is 14.5 Å². The van der Waals surface area contributed by atoms with Crippen molar-refractivity contribution < 1.29 is 14.3 Å². The fraction of sp³-hybridized carbons (Fsp3) is 0.481. The monoisotopic (exact) mass is 449 g/mol. The van der Waals surface area contributed by atoms with Crippen molar-refractivity contribution in [3.05, 3.63) is 59.7 Å². The molecule has 6 nitrogen and oxygen atoms in total. The van der Waals surface area contributed by atoms with E-state index >= 15 is 0 Å². The van der Waals surface area contributed by atoms with Gasteiger partial charge < -0.3 is 15.0 Å². The fourth-order valence-electron chi connectivity index (χ4n) is 4.84. The van der Waals surface area contributed by atoms with Gasteiger partial charge in [0.1, 0.15) is 5.75 Å². The summed E-state index contributed by atoms with van der Waals surface area (Å²) >= 11 is 0. The van der Waals surface area contributed by atoms with E-state index < -0.39 is 0 Å². The summed E-state index contributed by atoms with van der Waals surface area (Å²) in [5.74, 6) is 1.09. The third kappa shape index (κ3) is 6.35. The minimum absolute atomic E-state index is 0.0371. The van der Waals surface area contributed by atoms with Crippen molar-refractivity contribution in [1.82, 2.24) is 9.80 Å². The molecule has 0 aromatic heterocycles. The maximum Gasteiger partial charge on any atom is 0.253 e. The minimum Gasteiger partial charge on any atom is -0.497 e. The molecule has 1 saturated heterocycles. The van der Waals surface area contributed by atoms with Gasteiger partial charge in [-0.05, 0) is 55.2 Å². The van der Waals surface area contributed by atoms with Gasteiger partial charge in [0.15, 0.2) is 0 Å². The molecule has 4 rings (SSSR count). The third-order valence-corrected chi connectivity index (χ3v) is 6.79. The fourth-order valence-corrected chi connectivity index (χ4v) is 4.84. The first-order valence-electron chi connectivity index (χ1n) is 12.2. The van der Waals surface area contributed by atoms with Crippen LogP contribution in [-0.2, 0) is 11.3 Å². The molecule has 0 atom stereocenters. The Morgan fingerprint density at radius 3 is 2.48 bits per heavy atom. The van der Waals surface area contributed by atoms with E-state index in [0.29, 0.717) is 17.8 Å². The van der Waals surface area contributed by atoms with Crippen LogP contribution >= 0.6 is 0 Å². The number of hydrogen-bond donors (Lipinski definition) is 1. The Labute approximate surface area is 196 Å². The zero-order valence-corrected chi connectivity index (χ0v) is 19.6. The second-order valence-corrected chi connectivity index (χ2v) is 9.17. The molecule has 0 spiro atoms. The van der Waals surface area contributed by atoms with E-state index in [1.807, 2.05) is 41.3 Å². The van der Waals surface area contributed by atoms with Gasteiger partial charge in [0.05, 0.1) is 7.11 Å². The first-order valence-corrected chi connectivity index (χ1v) is 12.2. The quantitative estimate of drug-likeness (QED) is 0.702. The molecule has 0 radical (unpaired) electrons. The van der Waals surface area contributed by atoms with Crippen molar-refractivity contribution in [2.75, 3.05) is 38.6 Å². The predicted molar refractivity (Wildman–Crippen MR) is 130 cm³/mol. The molecule has 176 valence electrons. The van der Waals surface area contributed by atoms with Crippen molar-refractivity contribution in [2.45, 2.75) is 45.1 Å². The summed E-state index contributed by atoms with van der Waals surface area (Å²) in [4.78, 5) is 30.1. The molecule has 2 aromatic carbocycles. The normalized spacial score (nSPS) is 17.9. The standard InChI is InChI=1S/C27H35N3O3/c1-33-25-13-11-21(12-14-25)20-29-15-6-16-30(18-17-29)27(32)23-9-5-10-24(19-23)28-26(31)22-7-3-2-4-8-22/h5,9-14,19,22H,2-4,6-8,15-18,20H2,1H3,(H,28,31). The third-order valence-electron chi connectivity index (χ3n) is 6.79. The van der Waals surface area contributed by atoms with E-state index in [2.05, 4.69) is 22.3 Å². The number of anilines is 1. The number of nitrogens with zero attached hydrogens (tertiary/aromatic N) is 2. The van der Waals surface area contributed by atoms with Crippen LogP contribution in [0.5, 0.6) is 5.75 Å². The van der Waals surface area contributed by atoms with Crippen LogP contribution in [0.25, 0.3) is 0 Å². The Bertz CT molecular complexity index is 938. The van der Waals surface area contributed by atoms with Crippen molar-refractivity contribution in [3.63, 3.8) is 0 Å². The van der Waals surface area contributed by atoms with Gasteiger partial charge in [-0.15, -0.1) is 0 Å². The van der Waals surface area contributed by atoms with E-state index in [1.165, 1.54) is 12.0 Å². The molecular weight excluding hydrogens is 414 g/mol. The highest BCUT2D eigenvalue weighted by Gasteiger charge is 2.23. The van der Waals surface area contributed by atoms with Crippen LogP contribution in [0.15, 0.2) is 48.5 Å². The van der Waals surface area contributed by atoms with Crippen LogP contribution in [0.3, 0.4) is 0 Å². The first-order chi connectivity index (χ1) is 16.1. The Hall–Kier alpha value is -2.86. The Morgan fingerprint density at radius 1 is 0.939 bits per heavy atom. The number of methoxy groups -OCH3 is 1. The summed E-state index contributed by atoms with van der Waals surface area (Å²) in [7, 11) is 1.68. The van der Waals surface area contributed by atoms with Crippen molar-refractivity contribution in [3.8, 4) is 5.75 Å². The molecule has 1 aliphatic heterocycles. The molecule has 1 saturated carbocycles. The Morgan fingerprint density at radius 2 is 1.73 bits per heavy atom. The molecule has 2 amide bonds. The highest BCUT2D eigenvalue weighted by molar-refractivity contribution is 5.97. The maximum absolute atomic E-state index is 13.2. The number of carbonyl (C=O) groups excluding carboxylic acids is 2. The van der Waals surface area contributed by atoms with Crippen LogP contribution < -0.4 is 10.1 Å². The highest BCUT2D eigenvalue weighted by atomic mass is 16.5. The van der Waals surface area contributed by atoms with Crippen LogP contribution in [-0.4, -0.2) is 54.9 Å². The molecule has 6 heteroatoms. The lowest BCUT2D eigenvalue weighted by Gasteiger charge is -2.23. The summed E-state index contributed by atoms with van der Waals surface area (Å²) < 4.78 is 5.24. The number of ether oxygens (including phenoxy) is 1. The lowest BCUT2D eigenvalue weighted by molar-refractivity contribution is -0.120. The molecule has 1 aliphatic carbocycles. The highest BCUT2D eigenvalue weighted by Crippen LogP contribution is 2.25. The molecular formula is C27H35N3O3. The number of carbonyl (C=O) groups is 2. The van der Waals surface area contributed by atoms with Crippen LogP contribution in [0, 0.1) is 5.92 Å². The van der Waals surface area contributed by atoms with Crippen molar-refractivity contribution in [2.24, 2.45) is 5.92 Å². The van der Waals surface area contributed by atoms with Crippen molar-refractivity contribution >= 4 is 17.5 Å². The molecule has 1 N–H and O–H groups in total. The van der Waals surface area contributed by atoms with Crippen molar-refractivity contribution in [1.29, 1.82) is 0 Å². The number of rotatable bonds is 6. The number of amides is 2. The zero-order valence-electron chi connectivity index (χ0n) is 19.6. The van der Waals surface area contributed by atoms with E-state index in [1.54, 1.807) is 7.11 Å². The van der Waals surface area contributed by atoms with Gasteiger partial charge in [0.2, 0.25) is 5.91 Å². The molecule has 0 bridgehead atoms. The molecule has 33 heavy (non-hydrogen) atoms. The average Bonchev–Trinajstić information content (AvgIpc) is 3.10. The van der Waals surface area contributed by atoms with Gasteiger partial charge in [-0.25, -0.2) is 0 Å². The van der Waals surface area contributed by atoms with Crippen LogP contribution in [0.1, 0.15) is 54.4 Å². The van der Waals surface area contributed by atoms with Crippen LogP contribution in [0.2, 0.25) is 0 Å². The van der Waals surface area contributed by atoms with Gasteiger partial charge in [0, 0.05) is 49.9 Å². The lowest BCUT2D eigenvalue weighted by atomic mass is 9.88.